The van der Waals surface area contributed by atoms with Crippen LogP contribution in [0.2, 0.25) is 0 Å². The van der Waals surface area contributed by atoms with Crippen molar-refractivity contribution in [2.75, 3.05) is 20.3 Å². The fraction of sp³-hybridized carbons (Fsp3) is 0.714. The number of thiophene rings is 1. The summed E-state index contributed by atoms with van der Waals surface area (Å²) in [5.74, 6) is 0. The van der Waals surface area contributed by atoms with Crippen LogP contribution in [0, 0.1) is 0 Å². The van der Waals surface area contributed by atoms with Gasteiger partial charge in [-0.1, -0.05) is 6.92 Å². The number of aliphatic hydroxyl groups is 1. The number of thioether (sulfide) groups is 1. The van der Waals surface area contributed by atoms with E-state index in [0.29, 0.717) is 30.9 Å². The average Bonchev–Trinajstić information content (AvgIpc) is 2.81. The maximum atomic E-state index is 10.3. The molecule has 2 unspecified atom stereocenters. The summed E-state index contributed by atoms with van der Waals surface area (Å²) in [5, 5.41) is 16.6. The van der Waals surface area contributed by atoms with Gasteiger partial charge >= 0.3 is 0 Å². The van der Waals surface area contributed by atoms with Gasteiger partial charge in [-0.2, -0.15) is 0 Å². The smallest absolute Gasteiger partial charge is 0.0765 e. The van der Waals surface area contributed by atoms with Crippen molar-refractivity contribution in [2.24, 2.45) is 0 Å². The minimum atomic E-state index is -0.708. The van der Waals surface area contributed by atoms with Gasteiger partial charge in [0.15, 0.2) is 0 Å². The molecule has 19 heavy (non-hydrogen) atoms. The molecule has 1 aliphatic rings. The number of methoxy groups -OCH3 is 1. The molecule has 1 aliphatic heterocycles. The number of nitrogens with one attached hydrogen (secondary N) is 1. The highest BCUT2D eigenvalue weighted by molar-refractivity contribution is 8.01. The third-order valence-electron chi connectivity index (χ3n) is 3.48. The fourth-order valence-corrected chi connectivity index (χ4v) is 4.86. The summed E-state index contributed by atoms with van der Waals surface area (Å²) < 4.78 is 6.46. The largest absolute Gasteiger partial charge is 0.389 e. The van der Waals surface area contributed by atoms with Crippen LogP contribution in [0.25, 0.3) is 0 Å². The van der Waals surface area contributed by atoms with E-state index in [1.54, 1.807) is 7.11 Å². The molecule has 0 saturated carbocycles. The van der Waals surface area contributed by atoms with Crippen LogP contribution in [-0.2, 0) is 4.74 Å². The molecule has 0 saturated heterocycles. The lowest BCUT2D eigenvalue weighted by Crippen LogP contribution is -2.41. The van der Waals surface area contributed by atoms with Crippen molar-refractivity contribution in [3.05, 3.63) is 17.0 Å². The van der Waals surface area contributed by atoms with E-state index in [2.05, 4.69) is 23.7 Å². The second kappa shape index (κ2) is 6.59. The molecule has 1 aromatic heterocycles. The van der Waals surface area contributed by atoms with Crippen LogP contribution < -0.4 is 5.32 Å². The molecule has 5 heteroatoms. The zero-order chi connectivity index (χ0) is 13.9. The topological polar surface area (TPSA) is 41.5 Å². The molecule has 1 aromatic rings. The first-order chi connectivity index (χ1) is 9.02. The van der Waals surface area contributed by atoms with E-state index in [9.17, 15) is 5.11 Å². The summed E-state index contributed by atoms with van der Waals surface area (Å²) in [6, 6.07) is 2.58. The van der Waals surface area contributed by atoms with Crippen molar-refractivity contribution in [2.45, 2.75) is 47.8 Å². The number of hydrogen-bond donors (Lipinski definition) is 2. The summed E-state index contributed by atoms with van der Waals surface area (Å²) in [7, 11) is 1.67. The van der Waals surface area contributed by atoms with Gasteiger partial charge in [0.25, 0.3) is 0 Å². The van der Waals surface area contributed by atoms with E-state index < -0.39 is 5.60 Å². The fourth-order valence-electron chi connectivity index (χ4n) is 2.30. The lowest BCUT2D eigenvalue weighted by molar-refractivity contribution is 0.0224. The summed E-state index contributed by atoms with van der Waals surface area (Å²) in [5.41, 5.74) is 0.690. The molecule has 0 aliphatic carbocycles. The highest BCUT2D eigenvalue weighted by Gasteiger charge is 2.28. The number of rotatable bonds is 6. The Bertz CT molecular complexity index is 406. The minimum Gasteiger partial charge on any atom is -0.389 e. The van der Waals surface area contributed by atoms with E-state index in [4.69, 9.17) is 4.74 Å². The second-order valence-corrected chi connectivity index (χ2v) is 8.12. The zero-order valence-electron chi connectivity index (χ0n) is 11.8. The number of ether oxygens (including phenoxy) is 1. The molecular weight excluding hydrogens is 278 g/mol. The van der Waals surface area contributed by atoms with Crippen molar-refractivity contribution in [1.29, 1.82) is 0 Å². The molecule has 2 rings (SSSR count). The third-order valence-corrected chi connectivity index (χ3v) is 5.83. The van der Waals surface area contributed by atoms with Gasteiger partial charge in [-0.05, 0) is 30.4 Å². The van der Waals surface area contributed by atoms with E-state index in [-0.39, 0.29) is 0 Å². The van der Waals surface area contributed by atoms with Gasteiger partial charge in [0.05, 0.1) is 9.81 Å². The van der Waals surface area contributed by atoms with Crippen molar-refractivity contribution < 1.29 is 9.84 Å². The van der Waals surface area contributed by atoms with Crippen LogP contribution in [0.3, 0.4) is 0 Å². The molecule has 3 atom stereocenters. The first kappa shape index (κ1) is 15.3. The minimum absolute atomic E-state index is 0.367. The Balaban J connectivity index is 1.93. The second-order valence-electron chi connectivity index (χ2n) is 5.50. The SMILES string of the molecule is COCCC(C)(O)CNC1C[C@H](C)Sc2sccc21. The molecule has 0 radical (unpaired) electrons. The molecule has 0 fully saturated rings. The Morgan fingerprint density at radius 1 is 1.58 bits per heavy atom. The molecule has 2 N–H and O–H groups in total. The summed E-state index contributed by atoms with van der Waals surface area (Å²) in [6.45, 7) is 5.34. The van der Waals surface area contributed by atoms with Gasteiger partial charge in [-0.25, -0.2) is 0 Å². The average molecular weight is 301 g/mol. The lowest BCUT2D eigenvalue weighted by Gasteiger charge is -2.31. The monoisotopic (exact) mass is 301 g/mol. The van der Waals surface area contributed by atoms with Gasteiger partial charge in [0.2, 0.25) is 0 Å². The Hall–Kier alpha value is -0.0700. The standard InChI is InChI=1S/C14H23NO2S2/c1-10-8-12(11-4-7-18-13(11)19-10)15-9-14(2,16)5-6-17-3/h4,7,10,12,15-16H,5-6,8-9H2,1-3H3/t10-,12?,14?/m0/s1. The maximum absolute atomic E-state index is 10.3. The van der Waals surface area contributed by atoms with Crippen LogP contribution in [0.4, 0.5) is 0 Å². The van der Waals surface area contributed by atoms with Gasteiger partial charge < -0.3 is 15.2 Å². The molecule has 0 spiro atoms. The van der Waals surface area contributed by atoms with Crippen LogP contribution in [-0.4, -0.2) is 36.2 Å². The molecular formula is C14H23NO2S2. The van der Waals surface area contributed by atoms with Crippen LogP contribution in [0.5, 0.6) is 0 Å². The van der Waals surface area contributed by atoms with E-state index in [1.165, 1.54) is 9.77 Å². The Kier molecular flexibility index (Phi) is 5.31. The Morgan fingerprint density at radius 3 is 3.11 bits per heavy atom. The molecule has 0 aromatic carbocycles. The predicted octanol–water partition coefficient (Wildman–Crippen LogP) is 3.05. The lowest BCUT2D eigenvalue weighted by atomic mass is 10.00. The molecule has 0 amide bonds. The first-order valence-corrected chi connectivity index (χ1v) is 8.46. The van der Waals surface area contributed by atoms with Crippen LogP contribution >= 0.6 is 23.1 Å². The van der Waals surface area contributed by atoms with E-state index >= 15 is 0 Å². The zero-order valence-corrected chi connectivity index (χ0v) is 13.4. The van der Waals surface area contributed by atoms with E-state index in [1.807, 2.05) is 30.0 Å². The predicted molar refractivity (Wildman–Crippen MR) is 82.1 cm³/mol. The molecule has 3 nitrogen and oxygen atoms in total. The normalized spacial score (nSPS) is 25.9. The van der Waals surface area contributed by atoms with Gasteiger partial charge in [-0.15, -0.1) is 23.1 Å². The quantitative estimate of drug-likeness (QED) is 0.847. The maximum Gasteiger partial charge on any atom is 0.0765 e. The van der Waals surface area contributed by atoms with Gasteiger partial charge in [0.1, 0.15) is 0 Å². The van der Waals surface area contributed by atoms with E-state index in [0.717, 1.165) is 6.42 Å². The van der Waals surface area contributed by atoms with Crippen molar-refractivity contribution in [3.8, 4) is 0 Å². The molecule has 108 valence electrons. The van der Waals surface area contributed by atoms with Crippen LogP contribution in [0.15, 0.2) is 15.7 Å². The molecule has 0 bridgehead atoms. The molecule has 2 heterocycles. The number of fused-ring (bicyclic) bond motifs is 1. The summed E-state index contributed by atoms with van der Waals surface area (Å²) >= 11 is 3.79. The van der Waals surface area contributed by atoms with Crippen molar-refractivity contribution in [1.82, 2.24) is 5.32 Å². The highest BCUT2D eigenvalue weighted by Crippen LogP contribution is 2.43. The highest BCUT2D eigenvalue weighted by atomic mass is 32.2. The van der Waals surface area contributed by atoms with Gasteiger partial charge in [-0.3, -0.25) is 0 Å². The first-order valence-electron chi connectivity index (χ1n) is 6.70. The van der Waals surface area contributed by atoms with Crippen LogP contribution in [0.1, 0.15) is 38.3 Å². The third kappa shape index (κ3) is 4.20. The van der Waals surface area contributed by atoms with Crippen molar-refractivity contribution >= 4 is 23.1 Å². The summed E-state index contributed by atoms with van der Waals surface area (Å²) in [6.07, 6.45) is 1.78. The summed E-state index contributed by atoms with van der Waals surface area (Å²) in [4.78, 5) is 0. The Morgan fingerprint density at radius 2 is 2.37 bits per heavy atom. The van der Waals surface area contributed by atoms with Crippen molar-refractivity contribution in [3.63, 3.8) is 0 Å². The van der Waals surface area contributed by atoms with Gasteiger partial charge in [0, 0.05) is 38.0 Å². The number of hydrogen-bond acceptors (Lipinski definition) is 5. The Labute approximate surface area is 123 Å².